The summed E-state index contributed by atoms with van der Waals surface area (Å²) >= 11 is 0. The van der Waals surface area contributed by atoms with Crippen molar-refractivity contribution in [3.8, 4) is 11.5 Å². The van der Waals surface area contributed by atoms with Crippen molar-refractivity contribution in [3.05, 3.63) is 41.9 Å². The fourth-order valence-corrected chi connectivity index (χ4v) is 4.19. The first-order valence-corrected chi connectivity index (χ1v) is 9.40. The minimum absolute atomic E-state index is 0.00701. The topological polar surface area (TPSA) is 111 Å². The Bertz CT molecular complexity index is 928. The van der Waals surface area contributed by atoms with Gasteiger partial charge in [-0.15, -0.1) is 0 Å². The van der Waals surface area contributed by atoms with Crippen LogP contribution >= 0.6 is 0 Å². The van der Waals surface area contributed by atoms with Crippen molar-refractivity contribution >= 4 is 17.6 Å². The van der Waals surface area contributed by atoms with Crippen LogP contribution < -0.4 is 20.1 Å². The third-order valence-corrected chi connectivity index (χ3v) is 5.55. The van der Waals surface area contributed by atoms with E-state index in [9.17, 15) is 9.59 Å². The van der Waals surface area contributed by atoms with Gasteiger partial charge in [0.25, 0.3) is 5.91 Å². The lowest BCUT2D eigenvalue weighted by Crippen LogP contribution is -2.37. The summed E-state index contributed by atoms with van der Waals surface area (Å²) in [7, 11) is 3.21. The number of rotatable bonds is 6. The fraction of sp³-hybridized carbons (Fsp3) is 0.400. The molecule has 0 bridgehead atoms. The number of methoxy groups -OCH3 is 2. The average Bonchev–Trinajstić information content (AvgIpc) is 3.27. The van der Waals surface area contributed by atoms with Crippen molar-refractivity contribution in [2.24, 2.45) is 5.73 Å². The van der Waals surface area contributed by atoms with Gasteiger partial charge in [0.15, 0.2) is 0 Å². The van der Waals surface area contributed by atoms with E-state index in [1.807, 2.05) is 21.9 Å². The highest BCUT2D eigenvalue weighted by Crippen LogP contribution is 2.36. The number of amides is 2. The number of aromatic nitrogens is 2. The first-order chi connectivity index (χ1) is 14.0. The number of anilines is 1. The van der Waals surface area contributed by atoms with Crippen molar-refractivity contribution < 1.29 is 19.1 Å². The van der Waals surface area contributed by atoms with Gasteiger partial charge < -0.3 is 25.0 Å². The molecule has 0 aliphatic carbocycles. The van der Waals surface area contributed by atoms with E-state index in [0.717, 1.165) is 18.5 Å². The van der Waals surface area contributed by atoms with Crippen LogP contribution in [0.3, 0.4) is 0 Å². The smallest absolute Gasteiger partial charge is 0.268 e. The lowest BCUT2D eigenvalue weighted by Gasteiger charge is -2.26. The summed E-state index contributed by atoms with van der Waals surface area (Å²) in [4.78, 5) is 36.6. The molecule has 2 atom stereocenters. The van der Waals surface area contributed by atoms with Crippen LogP contribution in [0.1, 0.15) is 28.9 Å². The summed E-state index contributed by atoms with van der Waals surface area (Å²) in [5.41, 5.74) is 6.39. The summed E-state index contributed by atoms with van der Waals surface area (Å²) in [6, 6.07) is 5.70. The standard InChI is InChI=1S/C20H23N5O4/c1-28-13-5-12(6-14(7-13)29-2)11-25-16-3-4-24(17(16)8-19(25)26)18-10-22-9-15(23-18)20(21)27/h5-7,9-10,16-17H,3-4,8,11H2,1-2H3,(H2,21,27)/t16-,17-/m0/s1. The van der Waals surface area contributed by atoms with Gasteiger partial charge in [-0.05, 0) is 24.1 Å². The van der Waals surface area contributed by atoms with Crippen LogP contribution in [0.25, 0.3) is 0 Å². The molecule has 0 unspecified atom stereocenters. The summed E-state index contributed by atoms with van der Waals surface area (Å²) in [5, 5.41) is 0. The van der Waals surface area contributed by atoms with Crippen LogP contribution in [-0.2, 0) is 11.3 Å². The van der Waals surface area contributed by atoms with E-state index >= 15 is 0 Å². The molecule has 2 fully saturated rings. The number of benzene rings is 1. The molecule has 0 saturated carbocycles. The second kappa shape index (κ2) is 7.57. The highest BCUT2D eigenvalue weighted by atomic mass is 16.5. The molecule has 2 aromatic rings. The molecule has 2 amide bonds. The molecule has 2 aliphatic heterocycles. The maximum Gasteiger partial charge on any atom is 0.268 e. The largest absolute Gasteiger partial charge is 0.497 e. The van der Waals surface area contributed by atoms with Gasteiger partial charge in [-0.25, -0.2) is 4.98 Å². The van der Waals surface area contributed by atoms with E-state index in [1.54, 1.807) is 26.5 Å². The summed E-state index contributed by atoms with van der Waals surface area (Å²) in [6.45, 7) is 1.21. The first-order valence-electron chi connectivity index (χ1n) is 9.40. The molecule has 0 spiro atoms. The normalized spacial score (nSPS) is 20.7. The predicted octanol–water partition coefficient (Wildman–Crippen LogP) is 0.973. The molecule has 0 radical (unpaired) electrons. The molecule has 4 rings (SSSR count). The Morgan fingerprint density at radius 3 is 2.55 bits per heavy atom. The maximum atomic E-state index is 12.8. The Hall–Kier alpha value is -3.36. The second-order valence-electron chi connectivity index (χ2n) is 7.19. The molecule has 2 saturated heterocycles. The number of likely N-dealkylation sites (tertiary alicyclic amines) is 1. The number of carbonyl (C=O) groups excluding carboxylic acids is 2. The Balaban J connectivity index is 1.55. The molecule has 3 heterocycles. The first kappa shape index (κ1) is 19.0. The molecular weight excluding hydrogens is 374 g/mol. The third-order valence-electron chi connectivity index (χ3n) is 5.55. The molecule has 152 valence electrons. The van der Waals surface area contributed by atoms with E-state index in [4.69, 9.17) is 15.2 Å². The zero-order chi connectivity index (χ0) is 20.5. The van der Waals surface area contributed by atoms with E-state index in [0.29, 0.717) is 30.3 Å². The van der Waals surface area contributed by atoms with Gasteiger partial charge in [-0.3, -0.25) is 14.6 Å². The highest BCUT2D eigenvalue weighted by Gasteiger charge is 2.47. The minimum Gasteiger partial charge on any atom is -0.497 e. The monoisotopic (exact) mass is 397 g/mol. The Kier molecular flexibility index (Phi) is 4.96. The Morgan fingerprint density at radius 1 is 1.17 bits per heavy atom. The fourth-order valence-electron chi connectivity index (χ4n) is 4.19. The molecule has 1 aromatic carbocycles. The zero-order valence-electron chi connectivity index (χ0n) is 16.4. The minimum atomic E-state index is -0.619. The number of hydrogen-bond acceptors (Lipinski definition) is 7. The van der Waals surface area contributed by atoms with Crippen molar-refractivity contribution in [2.75, 3.05) is 25.7 Å². The number of carbonyl (C=O) groups is 2. The van der Waals surface area contributed by atoms with Crippen LogP contribution in [0.15, 0.2) is 30.6 Å². The Morgan fingerprint density at radius 2 is 1.90 bits per heavy atom. The second-order valence-corrected chi connectivity index (χ2v) is 7.19. The lowest BCUT2D eigenvalue weighted by molar-refractivity contribution is -0.129. The van der Waals surface area contributed by atoms with Crippen LogP contribution in [0.5, 0.6) is 11.5 Å². The van der Waals surface area contributed by atoms with Crippen molar-refractivity contribution in [1.82, 2.24) is 14.9 Å². The summed E-state index contributed by atoms with van der Waals surface area (Å²) in [5.74, 6) is 1.42. The number of hydrogen-bond donors (Lipinski definition) is 1. The lowest BCUT2D eigenvalue weighted by atomic mass is 10.1. The van der Waals surface area contributed by atoms with Gasteiger partial charge >= 0.3 is 0 Å². The quantitative estimate of drug-likeness (QED) is 0.773. The number of fused-ring (bicyclic) bond motifs is 1. The van der Waals surface area contributed by atoms with E-state index in [1.165, 1.54) is 6.20 Å². The van der Waals surface area contributed by atoms with Crippen molar-refractivity contribution in [2.45, 2.75) is 31.5 Å². The molecule has 9 heteroatoms. The van der Waals surface area contributed by atoms with Gasteiger partial charge in [0.2, 0.25) is 5.91 Å². The molecule has 29 heavy (non-hydrogen) atoms. The third kappa shape index (κ3) is 3.55. The molecule has 2 N–H and O–H groups in total. The predicted molar refractivity (Wildman–Crippen MR) is 105 cm³/mol. The zero-order valence-corrected chi connectivity index (χ0v) is 16.4. The summed E-state index contributed by atoms with van der Waals surface area (Å²) < 4.78 is 10.7. The van der Waals surface area contributed by atoms with Crippen molar-refractivity contribution in [3.63, 3.8) is 0 Å². The van der Waals surface area contributed by atoms with Crippen LogP contribution in [0, 0.1) is 0 Å². The van der Waals surface area contributed by atoms with Crippen LogP contribution in [-0.4, -0.2) is 59.5 Å². The highest BCUT2D eigenvalue weighted by molar-refractivity contribution is 5.90. The number of nitrogens with two attached hydrogens (primary N) is 1. The average molecular weight is 397 g/mol. The van der Waals surface area contributed by atoms with E-state index in [-0.39, 0.29) is 23.7 Å². The number of ether oxygens (including phenoxy) is 2. The Labute approximate surface area is 168 Å². The van der Waals surface area contributed by atoms with Crippen LogP contribution in [0.4, 0.5) is 5.82 Å². The van der Waals surface area contributed by atoms with Gasteiger partial charge in [0.1, 0.15) is 23.0 Å². The van der Waals surface area contributed by atoms with Crippen molar-refractivity contribution in [1.29, 1.82) is 0 Å². The van der Waals surface area contributed by atoms with E-state index < -0.39 is 5.91 Å². The van der Waals surface area contributed by atoms with E-state index in [2.05, 4.69) is 9.97 Å². The van der Waals surface area contributed by atoms with Gasteiger partial charge in [-0.2, -0.15) is 0 Å². The van der Waals surface area contributed by atoms with Gasteiger partial charge in [0, 0.05) is 25.6 Å². The van der Waals surface area contributed by atoms with Gasteiger partial charge in [0.05, 0.1) is 38.7 Å². The molecule has 2 aliphatic rings. The SMILES string of the molecule is COc1cc(CN2C(=O)C[C@H]3[C@@H]2CCN3c2cncc(C(N)=O)n2)cc(OC)c1. The van der Waals surface area contributed by atoms with Crippen LogP contribution in [0.2, 0.25) is 0 Å². The molecular formula is C20H23N5O4. The van der Waals surface area contributed by atoms with Gasteiger partial charge in [-0.1, -0.05) is 0 Å². The number of primary amides is 1. The summed E-state index contributed by atoms with van der Waals surface area (Å²) in [6.07, 6.45) is 4.17. The number of nitrogens with zero attached hydrogens (tertiary/aromatic N) is 4. The molecule has 9 nitrogen and oxygen atoms in total. The maximum absolute atomic E-state index is 12.8. The molecule has 1 aromatic heterocycles.